The molecule has 1 amide bonds. The van der Waals surface area contributed by atoms with E-state index in [2.05, 4.69) is 15.4 Å². The quantitative estimate of drug-likeness (QED) is 0.836. The van der Waals surface area contributed by atoms with E-state index < -0.39 is 17.9 Å². The normalized spacial score (nSPS) is 12.4. The summed E-state index contributed by atoms with van der Waals surface area (Å²) in [4.78, 5) is 27.7. The number of carboxylic acid groups (broad SMARTS) is 1. The Morgan fingerprint density at radius 1 is 1.43 bits per heavy atom. The van der Waals surface area contributed by atoms with Gasteiger partial charge in [0.05, 0.1) is 11.8 Å². The van der Waals surface area contributed by atoms with Gasteiger partial charge < -0.3 is 14.8 Å². The number of nitrogens with one attached hydrogen (secondary N) is 1. The molecule has 0 saturated carbocycles. The summed E-state index contributed by atoms with van der Waals surface area (Å²) in [6, 6.07) is -0.958. The SMILES string of the molecule is Cc1oc(-c2cnn(C)c2)nc1C(=O)NC(CC(C)C)C(=O)O. The van der Waals surface area contributed by atoms with E-state index >= 15 is 0 Å². The summed E-state index contributed by atoms with van der Waals surface area (Å²) in [5.41, 5.74) is 0.727. The second-order valence-corrected chi connectivity index (χ2v) is 5.82. The molecule has 2 heterocycles. The number of rotatable bonds is 6. The lowest BCUT2D eigenvalue weighted by Crippen LogP contribution is -2.42. The van der Waals surface area contributed by atoms with Crippen molar-refractivity contribution in [2.24, 2.45) is 13.0 Å². The minimum Gasteiger partial charge on any atom is -0.480 e. The smallest absolute Gasteiger partial charge is 0.326 e. The number of nitrogens with zero attached hydrogens (tertiary/aromatic N) is 3. The topological polar surface area (TPSA) is 110 Å². The van der Waals surface area contributed by atoms with Crippen LogP contribution >= 0.6 is 0 Å². The van der Waals surface area contributed by atoms with Crippen LogP contribution in [-0.2, 0) is 11.8 Å². The number of carbonyl (C=O) groups is 2. The number of hydrogen-bond donors (Lipinski definition) is 2. The van der Waals surface area contributed by atoms with Gasteiger partial charge in [-0.1, -0.05) is 13.8 Å². The van der Waals surface area contributed by atoms with E-state index in [4.69, 9.17) is 4.42 Å². The fourth-order valence-corrected chi connectivity index (χ4v) is 2.18. The number of hydrogen-bond acceptors (Lipinski definition) is 5. The summed E-state index contributed by atoms with van der Waals surface area (Å²) in [6.45, 7) is 5.40. The Balaban J connectivity index is 2.19. The first-order valence-electron chi connectivity index (χ1n) is 7.28. The Morgan fingerprint density at radius 3 is 2.65 bits per heavy atom. The summed E-state index contributed by atoms with van der Waals surface area (Å²) in [5, 5.41) is 15.7. The minimum atomic E-state index is -1.07. The molecule has 0 radical (unpaired) electrons. The van der Waals surface area contributed by atoms with E-state index in [1.807, 2.05) is 13.8 Å². The molecule has 2 N–H and O–H groups in total. The molecule has 0 bridgehead atoms. The second-order valence-electron chi connectivity index (χ2n) is 5.82. The van der Waals surface area contributed by atoms with E-state index in [0.29, 0.717) is 17.7 Å². The van der Waals surface area contributed by atoms with Crippen LogP contribution in [0.25, 0.3) is 11.5 Å². The van der Waals surface area contributed by atoms with Gasteiger partial charge in [0.2, 0.25) is 5.89 Å². The van der Waals surface area contributed by atoms with Gasteiger partial charge in [0.1, 0.15) is 11.8 Å². The van der Waals surface area contributed by atoms with E-state index in [-0.39, 0.29) is 17.5 Å². The standard InChI is InChI=1S/C15H20N4O4/c1-8(2)5-11(15(21)22)17-13(20)12-9(3)23-14(18-12)10-6-16-19(4)7-10/h6-8,11H,5H2,1-4H3,(H,17,20)(H,21,22). The molecule has 0 aliphatic carbocycles. The minimum absolute atomic E-state index is 0.0823. The van der Waals surface area contributed by atoms with Crippen LogP contribution in [0.15, 0.2) is 16.8 Å². The highest BCUT2D eigenvalue weighted by Crippen LogP contribution is 2.21. The first kappa shape index (κ1) is 16.7. The summed E-state index contributed by atoms with van der Waals surface area (Å²) in [6.07, 6.45) is 3.63. The zero-order chi connectivity index (χ0) is 17.1. The molecule has 1 unspecified atom stereocenters. The predicted molar refractivity (Wildman–Crippen MR) is 81.8 cm³/mol. The largest absolute Gasteiger partial charge is 0.480 e. The summed E-state index contributed by atoms with van der Waals surface area (Å²) < 4.78 is 7.08. The Kier molecular flexibility index (Phi) is 4.83. The molecular formula is C15H20N4O4. The highest BCUT2D eigenvalue weighted by atomic mass is 16.4. The molecule has 0 aliphatic rings. The van der Waals surface area contributed by atoms with Gasteiger partial charge in [-0.15, -0.1) is 0 Å². The van der Waals surface area contributed by atoms with E-state index in [9.17, 15) is 14.7 Å². The Hall–Kier alpha value is -2.64. The summed E-state index contributed by atoms with van der Waals surface area (Å²) in [7, 11) is 1.76. The lowest BCUT2D eigenvalue weighted by Gasteiger charge is -2.15. The Bertz CT molecular complexity index is 717. The van der Waals surface area contributed by atoms with Crippen molar-refractivity contribution < 1.29 is 19.1 Å². The van der Waals surface area contributed by atoms with Crippen molar-refractivity contribution in [2.75, 3.05) is 0 Å². The number of amides is 1. The van der Waals surface area contributed by atoms with Crippen LogP contribution in [0.1, 0.15) is 36.5 Å². The number of aromatic nitrogens is 3. The first-order valence-corrected chi connectivity index (χ1v) is 7.28. The van der Waals surface area contributed by atoms with Gasteiger partial charge in [0.15, 0.2) is 5.69 Å². The van der Waals surface area contributed by atoms with Gasteiger partial charge in [-0.05, 0) is 19.3 Å². The number of aryl methyl sites for hydroxylation is 2. The average molecular weight is 320 g/mol. The molecule has 2 aromatic heterocycles. The molecule has 23 heavy (non-hydrogen) atoms. The van der Waals surface area contributed by atoms with E-state index in [1.165, 1.54) is 0 Å². The van der Waals surface area contributed by atoms with Crippen molar-refractivity contribution in [3.05, 3.63) is 23.8 Å². The van der Waals surface area contributed by atoms with Crippen LogP contribution in [0.4, 0.5) is 0 Å². The van der Waals surface area contributed by atoms with Gasteiger partial charge in [0, 0.05) is 13.2 Å². The van der Waals surface area contributed by atoms with E-state index in [1.54, 1.807) is 31.0 Å². The molecule has 8 nitrogen and oxygen atoms in total. The molecule has 0 fully saturated rings. The highest BCUT2D eigenvalue weighted by molar-refractivity contribution is 5.96. The highest BCUT2D eigenvalue weighted by Gasteiger charge is 2.25. The van der Waals surface area contributed by atoms with Crippen molar-refractivity contribution in [3.8, 4) is 11.5 Å². The molecule has 1 atom stereocenters. The lowest BCUT2D eigenvalue weighted by molar-refractivity contribution is -0.139. The van der Waals surface area contributed by atoms with Crippen LogP contribution in [0.5, 0.6) is 0 Å². The Morgan fingerprint density at radius 2 is 2.13 bits per heavy atom. The first-order chi connectivity index (χ1) is 10.8. The summed E-state index contributed by atoms with van der Waals surface area (Å²) >= 11 is 0. The van der Waals surface area contributed by atoms with Crippen LogP contribution in [-0.4, -0.2) is 37.8 Å². The number of carboxylic acids is 1. The molecule has 124 valence electrons. The van der Waals surface area contributed by atoms with Crippen molar-refractivity contribution in [2.45, 2.75) is 33.2 Å². The maximum Gasteiger partial charge on any atom is 0.326 e. The average Bonchev–Trinajstić information content (AvgIpc) is 3.03. The van der Waals surface area contributed by atoms with Crippen molar-refractivity contribution in [3.63, 3.8) is 0 Å². The third kappa shape index (κ3) is 3.97. The van der Waals surface area contributed by atoms with E-state index in [0.717, 1.165) is 0 Å². The molecule has 2 aromatic rings. The van der Waals surface area contributed by atoms with Gasteiger partial charge >= 0.3 is 5.97 Å². The molecule has 0 saturated heterocycles. The van der Waals surface area contributed by atoms with Gasteiger partial charge in [0.25, 0.3) is 5.91 Å². The van der Waals surface area contributed by atoms with Crippen LogP contribution in [0, 0.1) is 12.8 Å². The molecule has 8 heteroatoms. The summed E-state index contributed by atoms with van der Waals surface area (Å²) in [5.74, 6) is -0.887. The third-order valence-electron chi connectivity index (χ3n) is 3.27. The zero-order valence-corrected chi connectivity index (χ0v) is 13.5. The van der Waals surface area contributed by atoms with Crippen molar-refractivity contribution in [1.82, 2.24) is 20.1 Å². The Labute approximate surface area is 133 Å². The maximum absolute atomic E-state index is 12.3. The number of carbonyl (C=O) groups excluding carboxylic acids is 1. The van der Waals surface area contributed by atoms with Gasteiger partial charge in [-0.3, -0.25) is 9.48 Å². The monoisotopic (exact) mass is 320 g/mol. The molecule has 0 aromatic carbocycles. The molecule has 0 aliphatic heterocycles. The third-order valence-corrected chi connectivity index (χ3v) is 3.27. The second kappa shape index (κ2) is 6.64. The lowest BCUT2D eigenvalue weighted by atomic mass is 10.0. The van der Waals surface area contributed by atoms with Crippen LogP contribution in [0.2, 0.25) is 0 Å². The zero-order valence-electron chi connectivity index (χ0n) is 13.5. The van der Waals surface area contributed by atoms with Crippen LogP contribution < -0.4 is 5.32 Å². The predicted octanol–water partition coefficient (Wildman–Crippen LogP) is 1.61. The fourth-order valence-electron chi connectivity index (χ4n) is 2.18. The molecular weight excluding hydrogens is 300 g/mol. The number of oxazole rings is 1. The van der Waals surface area contributed by atoms with Crippen LogP contribution in [0.3, 0.4) is 0 Å². The van der Waals surface area contributed by atoms with Crippen molar-refractivity contribution >= 4 is 11.9 Å². The van der Waals surface area contributed by atoms with Gasteiger partial charge in [-0.25, -0.2) is 9.78 Å². The molecule has 2 rings (SSSR count). The maximum atomic E-state index is 12.3. The van der Waals surface area contributed by atoms with Gasteiger partial charge in [-0.2, -0.15) is 5.10 Å². The van der Waals surface area contributed by atoms with Crippen molar-refractivity contribution in [1.29, 1.82) is 0 Å². The molecule has 0 spiro atoms. The number of aliphatic carboxylic acids is 1. The fraction of sp³-hybridized carbons (Fsp3) is 0.467.